The largest absolute Gasteiger partial charge is 0.380 e. The van der Waals surface area contributed by atoms with Gasteiger partial charge in [0.15, 0.2) is 0 Å². The van der Waals surface area contributed by atoms with E-state index in [9.17, 15) is 4.79 Å². The number of carbonyl (C=O) groups excluding carboxylic acids is 1. The summed E-state index contributed by atoms with van der Waals surface area (Å²) in [5.41, 5.74) is 5.84. The van der Waals surface area contributed by atoms with Gasteiger partial charge in [-0.2, -0.15) is 11.8 Å². The van der Waals surface area contributed by atoms with Crippen molar-refractivity contribution >= 4 is 30.1 Å². The summed E-state index contributed by atoms with van der Waals surface area (Å²) >= 11 is 1.71. The Bertz CT molecular complexity index is 196. The van der Waals surface area contributed by atoms with Crippen LogP contribution in [0.1, 0.15) is 20.3 Å². The van der Waals surface area contributed by atoms with Gasteiger partial charge in [-0.15, -0.1) is 12.4 Å². The molecule has 0 saturated heterocycles. The molecule has 0 unspecified atom stereocenters. The predicted octanol–water partition coefficient (Wildman–Crippen LogP) is 1.37. The van der Waals surface area contributed by atoms with Gasteiger partial charge in [-0.3, -0.25) is 4.79 Å². The van der Waals surface area contributed by atoms with E-state index in [-0.39, 0.29) is 24.4 Å². The lowest BCUT2D eigenvalue weighted by atomic mass is 10.2. The molecule has 1 atom stereocenters. The maximum atomic E-state index is 11.9. The number of carbonyl (C=O) groups is 1. The highest BCUT2D eigenvalue weighted by Crippen LogP contribution is 2.02. The molecule has 0 spiro atoms. The second-order valence-electron chi connectivity index (χ2n) is 3.50. The second-order valence-corrected chi connectivity index (χ2v) is 4.49. The number of hydrogen-bond acceptors (Lipinski definition) is 4. The summed E-state index contributed by atoms with van der Waals surface area (Å²) in [7, 11) is 0. The molecule has 0 aliphatic rings. The molecule has 0 aliphatic heterocycles. The van der Waals surface area contributed by atoms with Gasteiger partial charge in [0.25, 0.3) is 0 Å². The quantitative estimate of drug-likeness (QED) is 0.650. The number of nitrogens with zero attached hydrogens (tertiary/aromatic N) is 1. The third kappa shape index (κ3) is 8.71. The van der Waals surface area contributed by atoms with E-state index in [1.165, 1.54) is 0 Å². The number of hydrogen-bond donors (Lipinski definition) is 1. The normalized spacial score (nSPS) is 11.8. The average molecular weight is 285 g/mol. The summed E-state index contributed by atoms with van der Waals surface area (Å²) < 4.78 is 5.24. The minimum absolute atomic E-state index is 0. The van der Waals surface area contributed by atoms with Gasteiger partial charge in [0, 0.05) is 19.7 Å². The van der Waals surface area contributed by atoms with E-state index in [0.29, 0.717) is 26.3 Å². The fraction of sp³-hybridized carbons (Fsp3) is 0.909. The lowest BCUT2D eigenvalue weighted by Crippen LogP contribution is -2.45. The minimum atomic E-state index is -0.367. The number of halogens is 1. The fourth-order valence-corrected chi connectivity index (χ4v) is 1.84. The molecule has 2 N–H and O–H groups in total. The predicted molar refractivity (Wildman–Crippen MR) is 77.0 cm³/mol. The molecule has 0 rings (SSSR count). The Morgan fingerprint density at radius 3 is 2.59 bits per heavy atom. The van der Waals surface area contributed by atoms with Crippen LogP contribution in [0.4, 0.5) is 0 Å². The molecule has 0 aromatic carbocycles. The number of thioether (sulfide) groups is 1. The molecule has 0 fully saturated rings. The van der Waals surface area contributed by atoms with Gasteiger partial charge in [0.05, 0.1) is 12.6 Å². The van der Waals surface area contributed by atoms with Crippen molar-refractivity contribution in [2.75, 3.05) is 38.3 Å². The summed E-state index contributed by atoms with van der Waals surface area (Å²) in [5, 5.41) is 0. The highest BCUT2D eigenvalue weighted by Gasteiger charge is 2.18. The minimum Gasteiger partial charge on any atom is -0.380 e. The first kappa shape index (κ1) is 19.4. The van der Waals surface area contributed by atoms with Crippen molar-refractivity contribution in [3.63, 3.8) is 0 Å². The van der Waals surface area contributed by atoms with Crippen LogP contribution in [0.2, 0.25) is 0 Å². The molecule has 0 bridgehead atoms. The molecule has 0 aliphatic carbocycles. The number of ether oxygens (including phenoxy) is 1. The first-order valence-corrected chi connectivity index (χ1v) is 7.17. The van der Waals surface area contributed by atoms with Crippen molar-refractivity contribution in [1.29, 1.82) is 0 Å². The molecule has 0 saturated carbocycles. The molecule has 0 aromatic rings. The molecule has 17 heavy (non-hydrogen) atoms. The topological polar surface area (TPSA) is 55.6 Å². The number of rotatable bonds is 9. The molecular formula is C11H25ClN2O2S. The maximum absolute atomic E-state index is 11.9. The van der Waals surface area contributed by atoms with Crippen molar-refractivity contribution in [1.82, 2.24) is 4.90 Å². The van der Waals surface area contributed by atoms with Crippen LogP contribution in [0.25, 0.3) is 0 Å². The van der Waals surface area contributed by atoms with Crippen molar-refractivity contribution in [2.24, 2.45) is 5.73 Å². The van der Waals surface area contributed by atoms with E-state index < -0.39 is 0 Å². The fourth-order valence-electron chi connectivity index (χ4n) is 1.35. The highest BCUT2D eigenvalue weighted by molar-refractivity contribution is 7.98. The smallest absolute Gasteiger partial charge is 0.239 e. The van der Waals surface area contributed by atoms with E-state index in [0.717, 1.165) is 12.2 Å². The second kappa shape index (κ2) is 12.5. The van der Waals surface area contributed by atoms with Gasteiger partial charge in [0.2, 0.25) is 5.91 Å². The summed E-state index contributed by atoms with van der Waals surface area (Å²) in [6.07, 6.45) is 2.76. The van der Waals surface area contributed by atoms with Crippen molar-refractivity contribution in [3.8, 4) is 0 Å². The van der Waals surface area contributed by atoms with Crippen molar-refractivity contribution < 1.29 is 9.53 Å². The number of likely N-dealkylation sites (N-methyl/N-ethyl adjacent to an activating group) is 1. The zero-order chi connectivity index (χ0) is 12.4. The highest BCUT2D eigenvalue weighted by atomic mass is 35.5. The molecule has 0 aromatic heterocycles. The zero-order valence-electron chi connectivity index (χ0n) is 11.0. The molecular weight excluding hydrogens is 260 g/mol. The monoisotopic (exact) mass is 284 g/mol. The third-order valence-corrected chi connectivity index (χ3v) is 3.00. The molecule has 4 nitrogen and oxygen atoms in total. The van der Waals surface area contributed by atoms with Gasteiger partial charge < -0.3 is 15.4 Å². The summed E-state index contributed by atoms with van der Waals surface area (Å²) in [5.74, 6) is 0.965. The summed E-state index contributed by atoms with van der Waals surface area (Å²) in [6, 6.07) is -0.367. The van der Waals surface area contributed by atoms with Crippen LogP contribution in [0.3, 0.4) is 0 Å². The van der Waals surface area contributed by atoms with Crippen LogP contribution in [0.15, 0.2) is 0 Å². The first-order chi connectivity index (χ1) is 7.67. The van der Waals surface area contributed by atoms with Gasteiger partial charge in [0.1, 0.15) is 0 Å². The first-order valence-electron chi connectivity index (χ1n) is 5.78. The Labute approximate surface area is 115 Å². The number of amides is 1. The molecule has 104 valence electrons. The van der Waals surface area contributed by atoms with Gasteiger partial charge in [-0.05, 0) is 32.3 Å². The summed E-state index contributed by atoms with van der Waals surface area (Å²) in [4.78, 5) is 13.7. The Morgan fingerprint density at radius 1 is 1.47 bits per heavy atom. The van der Waals surface area contributed by atoms with E-state index in [1.807, 2.05) is 20.1 Å². The van der Waals surface area contributed by atoms with Gasteiger partial charge in [-0.25, -0.2) is 0 Å². The molecule has 0 heterocycles. The number of nitrogens with two attached hydrogens (primary N) is 1. The average Bonchev–Trinajstić information content (AvgIpc) is 2.31. The van der Waals surface area contributed by atoms with Crippen LogP contribution in [0.5, 0.6) is 0 Å². The third-order valence-electron chi connectivity index (χ3n) is 2.35. The Balaban J connectivity index is 0. The maximum Gasteiger partial charge on any atom is 0.239 e. The van der Waals surface area contributed by atoms with E-state index >= 15 is 0 Å². The SMILES string of the molecule is CCOCCN(CC)C(=O)[C@@H](N)CCSC.Cl. The lowest BCUT2D eigenvalue weighted by Gasteiger charge is -2.24. The van der Waals surface area contributed by atoms with E-state index in [1.54, 1.807) is 16.7 Å². The molecule has 0 radical (unpaired) electrons. The van der Waals surface area contributed by atoms with E-state index in [4.69, 9.17) is 10.5 Å². The van der Waals surface area contributed by atoms with Crippen LogP contribution in [0, 0.1) is 0 Å². The van der Waals surface area contributed by atoms with E-state index in [2.05, 4.69) is 0 Å². The van der Waals surface area contributed by atoms with Crippen molar-refractivity contribution in [2.45, 2.75) is 26.3 Å². The van der Waals surface area contributed by atoms with Crippen LogP contribution in [-0.2, 0) is 9.53 Å². The Morgan fingerprint density at radius 2 is 2.12 bits per heavy atom. The van der Waals surface area contributed by atoms with Crippen LogP contribution in [-0.4, -0.2) is 55.2 Å². The Hall–Kier alpha value is 0.0300. The summed E-state index contributed by atoms with van der Waals surface area (Å²) in [6.45, 7) is 6.51. The standard InChI is InChI=1S/C11H24N2O2S.ClH/c1-4-13(7-8-15-5-2)11(14)10(12)6-9-16-3;/h10H,4-9,12H2,1-3H3;1H/t10-;/m0./s1. The van der Waals surface area contributed by atoms with Gasteiger partial charge in [-0.1, -0.05) is 0 Å². The zero-order valence-corrected chi connectivity index (χ0v) is 12.6. The van der Waals surface area contributed by atoms with Crippen LogP contribution >= 0.6 is 24.2 Å². The lowest BCUT2D eigenvalue weighted by molar-refractivity contribution is -0.133. The van der Waals surface area contributed by atoms with Gasteiger partial charge >= 0.3 is 0 Å². The van der Waals surface area contributed by atoms with Crippen molar-refractivity contribution in [3.05, 3.63) is 0 Å². The molecule has 6 heteroatoms. The molecule has 1 amide bonds. The van der Waals surface area contributed by atoms with Crippen LogP contribution < -0.4 is 5.73 Å². The Kier molecular flexibility index (Phi) is 14.2.